The average Bonchev–Trinajstić information content (AvgIpc) is 3.14. The molecule has 6 heteroatoms. The first-order valence-corrected chi connectivity index (χ1v) is 8.64. The molecule has 3 rings (SSSR count). The topological polar surface area (TPSA) is 69.7 Å². The number of nitrogens with zero attached hydrogens (tertiary/aromatic N) is 2. The Kier molecular flexibility index (Phi) is 4.28. The molecule has 0 aromatic rings. The molecule has 1 saturated heterocycles. The molecule has 0 radical (unpaired) electrons. The van der Waals surface area contributed by atoms with E-state index in [1.165, 1.54) is 4.90 Å². The highest BCUT2D eigenvalue weighted by Crippen LogP contribution is 2.52. The van der Waals surface area contributed by atoms with E-state index < -0.39 is 0 Å². The number of carbonyl (C=O) groups excluding carboxylic acids is 3. The number of likely N-dealkylation sites (tertiary alicyclic amines) is 1. The van der Waals surface area contributed by atoms with Crippen LogP contribution in [0.3, 0.4) is 0 Å². The average molecular weight is 333 g/mol. The largest absolute Gasteiger partial charge is 0.354 e. The van der Waals surface area contributed by atoms with E-state index in [1.807, 2.05) is 14.1 Å². The summed E-state index contributed by atoms with van der Waals surface area (Å²) in [4.78, 5) is 40.6. The van der Waals surface area contributed by atoms with Gasteiger partial charge in [0.1, 0.15) is 6.54 Å². The van der Waals surface area contributed by atoms with E-state index in [0.717, 1.165) is 13.0 Å². The van der Waals surface area contributed by atoms with Crippen molar-refractivity contribution in [3.63, 3.8) is 0 Å². The van der Waals surface area contributed by atoms with Crippen molar-refractivity contribution in [2.24, 2.45) is 29.1 Å². The number of nitrogens with one attached hydrogen (secondary N) is 1. The van der Waals surface area contributed by atoms with Gasteiger partial charge in [-0.25, -0.2) is 0 Å². The standard InChI is InChI=1S/C18H27N3O3/c1-18(2,10-20(3)4)9-19-13(22)8-21-16(23)14-11-5-6-12(7-11)15(14)17(21)24/h5-6,11-12,14-15H,7-10H2,1-4H3,(H,19,22). The first kappa shape index (κ1) is 17.1. The molecule has 0 aromatic carbocycles. The van der Waals surface area contributed by atoms with Crippen molar-refractivity contribution >= 4 is 17.7 Å². The van der Waals surface area contributed by atoms with Crippen LogP contribution < -0.4 is 5.32 Å². The lowest BCUT2D eigenvalue weighted by atomic mass is 9.85. The first-order chi connectivity index (χ1) is 11.2. The summed E-state index contributed by atoms with van der Waals surface area (Å²) >= 11 is 0. The van der Waals surface area contributed by atoms with Gasteiger partial charge in [0.15, 0.2) is 0 Å². The Morgan fingerprint density at radius 2 is 1.75 bits per heavy atom. The van der Waals surface area contributed by atoms with Gasteiger partial charge in [0.05, 0.1) is 11.8 Å². The summed E-state index contributed by atoms with van der Waals surface area (Å²) in [5.41, 5.74) is -0.0717. The highest BCUT2D eigenvalue weighted by atomic mass is 16.2. The number of carbonyl (C=O) groups is 3. The minimum atomic E-state index is -0.260. The van der Waals surface area contributed by atoms with Gasteiger partial charge in [0.2, 0.25) is 17.7 Å². The highest BCUT2D eigenvalue weighted by molar-refractivity contribution is 6.08. The summed E-state index contributed by atoms with van der Waals surface area (Å²) < 4.78 is 0. The van der Waals surface area contributed by atoms with Crippen LogP contribution in [0.25, 0.3) is 0 Å². The van der Waals surface area contributed by atoms with E-state index in [0.29, 0.717) is 6.54 Å². The van der Waals surface area contributed by atoms with Crippen LogP contribution in [0.4, 0.5) is 0 Å². The SMILES string of the molecule is CN(C)CC(C)(C)CNC(=O)CN1C(=O)C2C3C=CC(C3)C2C1=O. The van der Waals surface area contributed by atoms with Crippen LogP contribution in [-0.4, -0.2) is 61.3 Å². The van der Waals surface area contributed by atoms with E-state index in [9.17, 15) is 14.4 Å². The van der Waals surface area contributed by atoms with Gasteiger partial charge in [-0.1, -0.05) is 26.0 Å². The lowest BCUT2D eigenvalue weighted by molar-refractivity contribution is -0.144. The van der Waals surface area contributed by atoms with Crippen molar-refractivity contribution in [1.29, 1.82) is 0 Å². The minimum absolute atomic E-state index is 0.0717. The predicted octanol–water partition coefficient (Wildman–Crippen LogP) is 0.498. The number of fused-ring (bicyclic) bond motifs is 5. The third-order valence-corrected chi connectivity index (χ3v) is 5.37. The molecule has 1 N–H and O–H groups in total. The molecule has 1 aliphatic heterocycles. The molecule has 1 saturated carbocycles. The molecular weight excluding hydrogens is 306 g/mol. The van der Waals surface area contributed by atoms with Crippen LogP contribution in [0.1, 0.15) is 20.3 Å². The van der Waals surface area contributed by atoms with Crippen LogP contribution in [0.5, 0.6) is 0 Å². The fourth-order valence-corrected chi connectivity index (χ4v) is 4.57. The molecule has 6 nitrogen and oxygen atoms in total. The number of hydrogen-bond donors (Lipinski definition) is 1. The second kappa shape index (κ2) is 5.99. The van der Waals surface area contributed by atoms with E-state index in [4.69, 9.17) is 0 Å². The summed E-state index contributed by atoms with van der Waals surface area (Å²) in [5.74, 6) is -0.680. The highest BCUT2D eigenvalue weighted by Gasteiger charge is 2.59. The zero-order valence-corrected chi connectivity index (χ0v) is 14.9. The van der Waals surface area contributed by atoms with Crippen LogP contribution in [0.15, 0.2) is 12.2 Å². The summed E-state index contributed by atoms with van der Waals surface area (Å²) in [6, 6.07) is 0. The van der Waals surface area contributed by atoms with Crippen molar-refractivity contribution in [3.05, 3.63) is 12.2 Å². The third kappa shape index (κ3) is 2.99. The zero-order chi connectivity index (χ0) is 17.6. The van der Waals surface area contributed by atoms with Crippen LogP contribution in [-0.2, 0) is 14.4 Å². The smallest absolute Gasteiger partial charge is 0.240 e. The van der Waals surface area contributed by atoms with Crippen molar-refractivity contribution < 1.29 is 14.4 Å². The molecule has 3 amide bonds. The van der Waals surface area contributed by atoms with Crippen LogP contribution >= 0.6 is 0 Å². The molecule has 2 aliphatic carbocycles. The molecular formula is C18H27N3O3. The summed E-state index contributed by atoms with van der Waals surface area (Å²) in [6.07, 6.45) is 5.03. The number of amides is 3. The molecule has 24 heavy (non-hydrogen) atoms. The molecule has 0 spiro atoms. The Bertz CT molecular complexity index is 566. The Hall–Kier alpha value is -1.69. The molecule has 132 valence electrons. The van der Waals surface area contributed by atoms with E-state index in [2.05, 4.69) is 36.2 Å². The van der Waals surface area contributed by atoms with Gasteiger partial charge >= 0.3 is 0 Å². The monoisotopic (exact) mass is 333 g/mol. The lowest BCUT2D eigenvalue weighted by Crippen LogP contribution is -2.45. The number of allylic oxidation sites excluding steroid dienone is 2. The van der Waals surface area contributed by atoms with Crippen molar-refractivity contribution in [1.82, 2.24) is 15.1 Å². The van der Waals surface area contributed by atoms with Gasteiger partial charge in [-0.3, -0.25) is 19.3 Å². The molecule has 4 atom stereocenters. The molecule has 2 fully saturated rings. The van der Waals surface area contributed by atoms with E-state index >= 15 is 0 Å². The normalized spacial score (nSPS) is 31.3. The van der Waals surface area contributed by atoms with E-state index in [1.54, 1.807) is 0 Å². The van der Waals surface area contributed by atoms with Gasteiger partial charge < -0.3 is 10.2 Å². The maximum absolute atomic E-state index is 12.6. The Morgan fingerprint density at radius 3 is 2.25 bits per heavy atom. The zero-order valence-electron chi connectivity index (χ0n) is 14.9. The van der Waals surface area contributed by atoms with Gasteiger partial charge in [-0.2, -0.15) is 0 Å². The Labute approximate surface area is 143 Å². The summed E-state index contributed by atoms with van der Waals surface area (Å²) in [7, 11) is 3.98. The van der Waals surface area contributed by atoms with Gasteiger partial charge in [0, 0.05) is 13.1 Å². The first-order valence-electron chi connectivity index (χ1n) is 8.64. The van der Waals surface area contributed by atoms with E-state index in [-0.39, 0.29) is 53.4 Å². The second-order valence-electron chi connectivity index (χ2n) is 8.44. The number of rotatable bonds is 6. The minimum Gasteiger partial charge on any atom is -0.354 e. The maximum atomic E-state index is 12.6. The number of hydrogen-bond acceptors (Lipinski definition) is 4. The van der Waals surface area contributed by atoms with Crippen molar-refractivity contribution in [3.8, 4) is 0 Å². The Balaban J connectivity index is 1.56. The fourth-order valence-electron chi connectivity index (χ4n) is 4.57. The summed E-state index contributed by atoms with van der Waals surface area (Å²) in [5, 5.41) is 2.87. The van der Waals surface area contributed by atoms with Gasteiger partial charge in [0.25, 0.3) is 0 Å². The van der Waals surface area contributed by atoms with Crippen molar-refractivity contribution in [2.75, 3.05) is 33.7 Å². The summed E-state index contributed by atoms with van der Waals surface area (Å²) in [6.45, 7) is 5.36. The van der Waals surface area contributed by atoms with Crippen molar-refractivity contribution in [2.45, 2.75) is 20.3 Å². The molecule has 0 aromatic heterocycles. The molecule has 3 aliphatic rings. The quantitative estimate of drug-likeness (QED) is 0.568. The molecule has 1 heterocycles. The Morgan fingerprint density at radius 1 is 1.21 bits per heavy atom. The van der Waals surface area contributed by atoms with Gasteiger partial charge in [-0.05, 0) is 37.8 Å². The van der Waals surface area contributed by atoms with Crippen LogP contribution in [0, 0.1) is 29.1 Å². The predicted molar refractivity (Wildman–Crippen MR) is 89.8 cm³/mol. The molecule has 2 bridgehead atoms. The van der Waals surface area contributed by atoms with Crippen LogP contribution in [0.2, 0.25) is 0 Å². The third-order valence-electron chi connectivity index (χ3n) is 5.37. The second-order valence-corrected chi connectivity index (χ2v) is 8.44. The number of imide groups is 1. The maximum Gasteiger partial charge on any atom is 0.240 e. The fraction of sp³-hybridized carbons (Fsp3) is 0.722. The molecule has 4 unspecified atom stereocenters. The lowest BCUT2D eigenvalue weighted by Gasteiger charge is -2.28. The van der Waals surface area contributed by atoms with Gasteiger partial charge in [-0.15, -0.1) is 0 Å².